The molecule has 8 heteroatoms. The van der Waals surface area contributed by atoms with E-state index < -0.39 is 0 Å². The fourth-order valence-corrected chi connectivity index (χ4v) is 2.09. The summed E-state index contributed by atoms with van der Waals surface area (Å²) in [6, 6.07) is 6.93. The van der Waals surface area contributed by atoms with Crippen molar-refractivity contribution < 1.29 is 19.1 Å². The molecule has 0 aliphatic heterocycles. The molecular weight excluding hydrogens is 378 g/mol. The van der Waals surface area contributed by atoms with E-state index in [1.54, 1.807) is 38.4 Å². The van der Waals surface area contributed by atoms with Crippen LogP contribution in [0.4, 0.5) is 0 Å². The number of methoxy groups -OCH3 is 1. The summed E-state index contributed by atoms with van der Waals surface area (Å²) in [6.45, 7) is 1.01. The Labute approximate surface area is 149 Å². The molecule has 0 aliphatic rings. The summed E-state index contributed by atoms with van der Waals surface area (Å²) in [7, 11) is 3.10. The zero-order valence-electron chi connectivity index (χ0n) is 13.8. The van der Waals surface area contributed by atoms with Crippen LogP contribution in [0.25, 0.3) is 0 Å². The molecule has 0 saturated carbocycles. The zero-order chi connectivity index (χ0) is 17.9. The van der Waals surface area contributed by atoms with Crippen LogP contribution in [0.5, 0.6) is 0 Å². The number of ether oxygens (including phenoxy) is 1. The topological polar surface area (TPSA) is 87.7 Å². The van der Waals surface area contributed by atoms with Crippen LogP contribution in [0.15, 0.2) is 28.7 Å². The molecule has 1 aromatic carbocycles. The van der Waals surface area contributed by atoms with Crippen molar-refractivity contribution in [3.8, 4) is 0 Å². The third-order valence-corrected chi connectivity index (χ3v) is 3.69. The molecule has 0 saturated heterocycles. The third kappa shape index (κ3) is 7.56. The van der Waals surface area contributed by atoms with Crippen LogP contribution in [0.1, 0.15) is 16.8 Å². The van der Waals surface area contributed by atoms with Gasteiger partial charge in [-0.05, 0) is 24.3 Å². The van der Waals surface area contributed by atoms with Crippen molar-refractivity contribution in [3.05, 3.63) is 34.3 Å². The second-order valence-corrected chi connectivity index (χ2v) is 6.02. The lowest BCUT2D eigenvalue weighted by Crippen LogP contribution is -2.40. The quantitative estimate of drug-likeness (QED) is 0.600. The number of likely N-dealkylation sites (N-methyl/N-ethyl adjacent to an activating group) is 1. The maximum atomic E-state index is 11.9. The summed E-state index contributed by atoms with van der Waals surface area (Å²) in [5, 5.41) is 5.32. The normalized spacial score (nSPS) is 10.1. The van der Waals surface area contributed by atoms with E-state index in [2.05, 4.69) is 26.6 Å². The van der Waals surface area contributed by atoms with Crippen LogP contribution in [-0.2, 0) is 14.3 Å². The lowest BCUT2D eigenvalue weighted by Gasteiger charge is -2.17. The number of carbonyl (C=O) groups excluding carboxylic acids is 3. The third-order valence-electron chi connectivity index (χ3n) is 3.17. The minimum atomic E-state index is -0.248. The van der Waals surface area contributed by atoms with Gasteiger partial charge in [0.25, 0.3) is 5.91 Å². The molecule has 0 radical (unpaired) electrons. The standard InChI is InChI=1S/C16H22BrN3O4/c1-20(11-14(21)18-9-10-24-2)15(22)7-8-19-16(23)12-3-5-13(17)6-4-12/h3-6H,7-11H2,1-2H3,(H,18,21)(H,19,23). The average Bonchev–Trinajstić information content (AvgIpc) is 2.55. The van der Waals surface area contributed by atoms with E-state index in [0.717, 1.165) is 4.47 Å². The fourth-order valence-electron chi connectivity index (χ4n) is 1.83. The Balaban J connectivity index is 2.28. The molecule has 2 N–H and O–H groups in total. The van der Waals surface area contributed by atoms with Gasteiger partial charge in [-0.1, -0.05) is 15.9 Å². The summed E-state index contributed by atoms with van der Waals surface area (Å²) in [5.74, 6) is -0.704. The Morgan fingerprint density at radius 2 is 1.79 bits per heavy atom. The first-order chi connectivity index (χ1) is 11.4. The first kappa shape index (κ1) is 20.1. The van der Waals surface area contributed by atoms with Gasteiger partial charge in [0.1, 0.15) is 0 Å². The van der Waals surface area contributed by atoms with E-state index >= 15 is 0 Å². The molecule has 0 fully saturated rings. The summed E-state index contributed by atoms with van der Waals surface area (Å²) < 4.78 is 5.71. The van der Waals surface area contributed by atoms with Gasteiger partial charge < -0.3 is 20.3 Å². The SMILES string of the molecule is COCCNC(=O)CN(C)C(=O)CCNC(=O)c1ccc(Br)cc1. The van der Waals surface area contributed by atoms with Gasteiger partial charge in [-0.15, -0.1) is 0 Å². The van der Waals surface area contributed by atoms with Crippen molar-refractivity contribution >= 4 is 33.7 Å². The van der Waals surface area contributed by atoms with E-state index in [4.69, 9.17) is 4.74 Å². The molecule has 3 amide bonds. The molecule has 24 heavy (non-hydrogen) atoms. The molecule has 1 aromatic rings. The highest BCUT2D eigenvalue weighted by atomic mass is 79.9. The Bertz CT molecular complexity index is 563. The predicted octanol–water partition coefficient (Wildman–Crippen LogP) is 0.790. The van der Waals surface area contributed by atoms with Crippen LogP contribution in [0.3, 0.4) is 0 Å². The molecule has 0 bridgehead atoms. The highest BCUT2D eigenvalue weighted by molar-refractivity contribution is 9.10. The summed E-state index contributed by atoms with van der Waals surface area (Å²) >= 11 is 3.30. The second kappa shape index (κ2) is 10.8. The van der Waals surface area contributed by atoms with Gasteiger partial charge in [0.05, 0.1) is 13.2 Å². The maximum Gasteiger partial charge on any atom is 0.251 e. The number of nitrogens with zero attached hydrogens (tertiary/aromatic N) is 1. The lowest BCUT2D eigenvalue weighted by atomic mass is 10.2. The van der Waals surface area contributed by atoms with Crippen LogP contribution >= 0.6 is 15.9 Å². The van der Waals surface area contributed by atoms with Crippen molar-refractivity contribution in [1.82, 2.24) is 15.5 Å². The first-order valence-electron chi connectivity index (χ1n) is 7.47. The molecule has 7 nitrogen and oxygen atoms in total. The van der Waals surface area contributed by atoms with Crippen LogP contribution in [-0.4, -0.2) is 63.0 Å². The van der Waals surface area contributed by atoms with Gasteiger partial charge in [0.15, 0.2) is 0 Å². The molecule has 0 aliphatic carbocycles. The number of hydrogen-bond acceptors (Lipinski definition) is 4. The fraction of sp³-hybridized carbons (Fsp3) is 0.438. The van der Waals surface area contributed by atoms with E-state index in [0.29, 0.717) is 18.7 Å². The first-order valence-corrected chi connectivity index (χ1v) is 8.26. The molecule has 132 valence electrons. The van der Waals surface area contributed by atoms with Gasteiger partial charge in [-0.2, -0.15) is 0 Å². The molecular formula is C16H22BrN3O4. The van der Waals surface area contributed by atoms with Crippen molar-refractivity contribution in [1.29, 1.82) is 0 Å². The summed E-state index contributed by atoms with van der Waals surface area (Å²) in [6.07, 6.45) is 0.129. The maximum absolute atomic E-state index is 11.9. The second-order valence-electron chi connectivity index (χ2n) is 5.11. The minimum Gasteiger partial charge on any atom is -0.383 e. The number of rotatable bonds is 9. The Hall–Kier alpha value is -1.93. The number of hydrogen-bond donors (Lipinski definition) is 2. The Kier molecular flexibility index (Phi) is 9.03. The summed E-state index contributed by atoms with van der Waals surface area (Å²) in [4.78, 5) is 36.8. The number of halogens is 1. The Morgan fingerprint density at radius 3 is 2.42 bits per heavy atom. The zero-order valence-corrected chi connectivity index (χ0v) is 15.4. The number of amides is 3. The monoisotopic (exact) mass is 399 g/mol. The summed E-state index contributed by atoms with van der Waals surface area (Å²) in [5.41, 5.74) is 0.525. The lowest BCUT2D eigenvalue weighted by molar-refractivity contribution is -0.134. The van der Waals surface area contributed by atoms with Crippen molar-refractivity contribution in [2.45, 2.75) is 6.42 Å². The highest BCUT2D eigenvalue weighted by Crippen LogP contribution is 2.10. The van der Waals surface area contributed by atoms with E-state index in [1.807, 2.05) is 0 Å². The number of nitrogens with one attached hydrogen (secondary N) is 2. The van der Waals surface area contributed by atoms with Crippen molar-refractivity contribution in [3.63, 3.8) is 0 Å². The molecule has 0 heterocycles. The smallest absolute Gasteiger partial charge is 0.251 e. The number of benzene rings is 1. The van der Waals surface area contributed by atoms with Gasteiger partial charge in [-0.25, -0.2) is 0 Å². The van der Waals surface area contributed by atoms with Crippen LogP contribution < -0.4 is 10.6 Å². The minimum absolute atomic E-state index is 0.0246. The van der Waals surface area contributed by atoms with E-state index in [-0.39, 0.29) is 37.2 Å². The molecule has 0 aromatic heterocycles. The van der Waals surface area contributed by atoms with Crippen molar-refractivity contribution in [2.75, 3.05) is 40.4 Å². The molecule has 0 spiro atoms. The van der Waals surface area contributed by atoms with Crippen LogP contribution in [0, 0.1) is 0 Å². The van der Waals surface area contributed by atoms with Gasteiger partial charge >= 0.3 is 0 Å². The Morgan fingerprint density at radius 1 is 1.12 bits per heavy atom. The highest BCUT2D eigenvalue weighted by Gasteiger charge is 2.13. The average molecular weight is 400 g/mol. The van der Waals surface area contributed by atoms with Gasteiger partial charge in [-0.3, -0.25) is 14.4 Å². The largest absolute Gasteiger partial charge is 0.383 e. The van der Waals surface area contributed by atoms with Crippen LogP contribution in [0.2, 0.25) is 0 Å². The molecule has 1 rings (SSSR count). The van der Waals surface area contributed by atoms with E-state index in [9.17, 15) is 14.4 Å². The number of carbonyl (C=O) groups is 3. The van der Waals surface area contributed by atoms with Crippen molar-refractivity contribution in [2.24, 2.45) is 0 Å². The molecule has 0 unspecified atom stereocenters. The predicted molar refractivity (Wildman–Crippen MR) is 93.6 cm³/mol. The molecule has 0 atom stereocenters. The van der Waals surface area contributed by atoms with Gasteiger partial charge in [0.2, 0.25) is 11.8 Å². The van der Waals surface area contributed by atoms with Gasteiger partial charge in [0, 0.05) is 43.7 Å². The van der Waals surface area contributed by atoms with E-state index in [1.165, 1.54) is 4.90 Å².